The Morgan fingerprint density at radius 3 is 2.85 bits per heavy atom. The molecule has 1 aliphatic rings. The zero-order chi connectivity index (χ0) is 13.5. The molecule has 2 aromatic heterocycles. The number of hydrogen-bond donors (Lipinski definition) is 0. The smallest absolute Gasteiger partial charge is 0.182 e. The molecule has 0 saturated heterocycles. The second-order valence-electron chi connectivity index (χ2n) is 4.95. The van der Waals surface area contributed by atoms with E-state index in [1.807, 2.05) is 18.2 Å². The Morgan fingerprint density at radius 2 is 1.95 bits per heavy atom. The first-order valence-corrected chi connectivity index (χ1v) is 7.51. The lowest BCUT2D eigenvalue weighted by Gasteiger charge is -2.06. The lowest BCUT2D eigenvalue weighted by molar-refractivity contribution is 0.0968. The molecule has 0 saturated carbocycles. The summed E-state index contributed by atoms with van der Waals surface area (Å²) >= 11 is 1.61. The number of fused-ring (bicyclic) bond motifs is 2. The lowest BCUT2D eigenvalue weighted by Crippen LogP contribution is -2.08. The van der Waals surface area contributed by atoms with Crippen molar-refractivity contribution in [3.05, 3.63) is 47.1 Å². The second-order valence-corrected chi connectivity index (χ2v) is 6.03. The number of carbonyl (C=O) groups excluding carboxylic acids is 1. The minimum Gasteiger partial charge on any atom is -0.292 e. The van der Waals surface area contributed by atoms with Crippen LogP contribution in [0.1, 0.15) is 28.2 Å². The van der Waals surface area contributed by atoms with E-state index in [1.54, 1.807) is 17.5 Å². The van der Waals surface area contributed by atoms with Crippen molar-refractivity contribution in [1.29, 1.82) is 0 Å². The quantitative estimate of drug-likeness (QED) is 0.679. The molecule has 3 nitrogen and oxygen atoms in total. The standard InChI is InChI=1S/C16H12N2OS/c19-12-6-3-7-13-15(12)18-16(20-13)14-11-5-2-1-4-10(11)8-9-17-14/h1-2,4-5,8-9H,3,6-7H2. The number of aromatic nitrogens is 2. The SMILES string of the molecule is O=C1CCCc2sc(-c3nccc4ccccc34)nc21. The third kappa shape index (κ3) is 1.76. The number of benzene rings is 1. The molecule has 1 aromatic carbocycles. The number of nitrogens with zero attached hydrogens (tertiary/aromatic N) is 2. The van der Waals surface area contributed by atoms with E-state index in [0.29, 0.717) is 12.1 Å². The van der Waals surface area contributed by atoms with Crippen LogP contribution in [-0.4, -0.2) is 15.8 Å². The Balaban J connectivity index is 1.94. The van der Waals surface area contributed by atoms with Crippen LogP contribution in [0.25, 0.3) is 21.5 Å². The molecule has 0 atom stereocenters. The van der Waals surface area contributed by atoms with E-state index in [4.69, 9.17) is 0 Å². The van der Waals surface area contributed by atoms with E-state index in [1.165, 1.54) is 0 Å². The van der Waals surface area contributed by atoms with Crippen LogP contribution >= 0.6 is 11.3 Å². The van der Waals surface area contributed by atoms with E-state index in [9.17, 15) is 4.79 Å². The molecule has 0 N–H and O–H groups in total. The van der Waals surface area contributed by atoms with Gasteiger partial charge in [-0.3, -0.25) is 9.78 Å². The van der Waals surface area contributed by atoms with Crippen LogP contribution in [0.2, 0.25) is 0 Å². The van der Waals surface area contributed by atoms with Crippen LogP contribution in [-0.2, 0) is 6.42 Å². The van der Waals surface area contributed by atoms with Crippen molar-refractivity contribution in [3.63, 3.8) is 0 Å². The van der Waals surface area contributed by atoms with E-state index in [2.05, 4.69) is 22.1 Å². The third-order valence-electron chi connectivity index (χ3n) is 3.65. The van der Waals surface area contributed by atoms with Gasteiger partial charge >= 0.3 is 0 Å². The molecule has 4 heteroatoms. The van der Waals surface area contributed by atoms with Crippen molar-refractivity contribution >= 4 is 27.9 Å². The summed E-state index contributed by atoms with van der Waals surface area (Å²) in [4.78, 5) is 22.1. The van der Waals surface area contributed by atoms with Crippen LogP contribution in [0, 0.1) is 0 Å². The molecule has 0 amide bonds. The molecule has 0 bridgehead atoms. The highest BCUT2D eigenvalue weighted by atomic mass is 32.1. The number of Topliss-reactive ketones (excluding diaryl/α,β-unsaturated/α-hetero) is 1. The van der Waals surface area contributed by atoms with E-state index < -0.39 is 0 Å². The predicted octanol–water partition coefficient (Wildman–Crippen LogP) is 3.88. The first kappa shape index (κ1) is 11.7. The Hall–Kier alpha value is -2.07. The molecule has 0 fully saturated rings. The summed E-state index contributed by atoms with van der Waals surface area (Å²) in [5, 5.41) is 3.10. The molecule has 0 radical (unpaired) electrons. The van der Waals surface area contributed by atoms with Crippen LogP contribution in [0.4, 0.5) is 0 Å². The molecule has 98 valence electrons. The lowest BCUT2D eigenvalue weighted by atomic mass is 10.0. The van der Waals surface area contributed by atoms with Gasteiger partial charge in [0, 0.05) is 22.9 Å². The Kier molecular flexibility index (Phi) is 2.63. The maximum Gasteiger partial charge on any atom is 0.182 e. The number of thiazole rings is 1. The van der Waals surface area contributed by atoms with Gasteiger partial charge in [-0.2, -0.15) is 0 Å². The fourth-order valence-electron chi connectivity index (χ4n) is 2.66. The number of ketones is 1. The Bertz CT molecular complexity index is 817. The largest absolute Gasteiger partial charge is 0.292 e. The normalized spacial score (nSPS) is 14.5. The minimum atomic E-state index is 0.175. The van der Waals surface area contributed by atoms with Gasteiger partial charge in [0.1, 0.15) is 16.4 Å². The van der Waals surface area contributed by atoms with Crippen LogP contribution in [0.15, 0.2) is 36.5 Å². The number of rotatable bonds is 1. The highest BCUT2D eigenvalue weighted by Gasteiger charge is 2.23. The summed E-state index contributed by atoms with van der Waals surface area (Å²) in [6.07, 6.45) is 4.33. The molecule has 0 unspecified atom stereocenters. The topological polar surface area (TPSA) is 42.9 Å². The molecular weight excluding hydrogens is 268 g/mol. The third-order valence-corrected chi connectivity index (χ3v) is 4.77. The van der Waals surface area contributed by atoms with Gasteiger partial charge in [-0.1, -0.05) is 24.3 Å². The molecule has 0 aliphatic heterocycles. The first-order valence-electron chi connectivity index (χ1n) is 6.70. The van der Waals surface area contributed by atoms with Gasteiger partial charge in [-0.05, 0) is 24.3 Å². The molecule has 2 heterocycles. The predicted molar refractivity (Wildman–Crippen MR) is 80.1 cm³/mol. The number of hydrogen-bond acceptors (Lipinski definition) is 4. The maximum atomic E-state index is 11.9. The summed E-state index contributed by atoms with van der Waals surface area (Å²) in [5.41, 5.74) is 1.56. The van der Waals surface area contributed by atoms with Crippen molar-refractivity contribution in [3.8, 4) is 10.7 Å². The summed E-state index contributed by atoms with van der Waals surface area (Å²) in [6, 6.07) is 10.1. The minimum absolute atomic E-state index is 0.175. The van der Waals surface area contributed by atoms with Crippen LogP contribution in [0.5, 0.6) is 0 Å². The number of carbonyl (C=O) groups is 1. The van der Waals surface area contributed by atoms with Crippen molar-refractivity contribution < 1.29 is 4.79 Å². The van der Waals surface area contributed by atoms with Crippen LogP contribution in [0.3, 0.4) is 0 Å². The highest BCUT2D eigenvalue weighted by molar-refractivity contribution is 7.15. The van der Waals surface area contributed by atoms with Crippen molar-refractivity contribution in [2.24, 2.45) is 0 Å². The summed E-state index contributed by atoms with van der Waals surface area (Å²) < 4.78 is 0. The Morgan fingerprint density at radius 1 is 1.05 bits per heavy atom. The molecule has 1 aliphatic carbocycles. The van der Waals surface area contributed by atoms with E-state index in [-0.39, 0.29) is 5.78 Å². The van der Waals surface area contributed by atoms with Crippen molar-refractivity contribution in [2.75, 3.05) is 0 Å². The van der Waals surface area contributed by atoms with E-state index >= 15 is 0 Å². The maximum absolute atomic E-state index is 11.9. The zero-order valence-electron chi connectivity index (χ0n) is 10.8. The molecular formula is C16H12N2OS. The molecule has 20 heavy (non-hydrogen) atoms. The van der Waals surface area contributed by atoms with Crippen molar-refractivity contribution in [1.82, 2.24) is 9.97 Å². The van der Waals surface area contributed by atoms with E-state index in [0.717, 1.165) is 39.2 Å². The number of aryl methyl sites for hydroxylation is 1. The molecule has 3 aromatic rings. The summed E-state index contributed by atoms with van der Waals surface area (Å²) in [7, 11) is 0. The number of pyridine rings is 1. The van der Waals surface area contributed by atoms with Gasteiger partial charge in [0.15, 0.2) is 5.78 Å². The zero-order valence-corrected chi connectivity index (χ0v) is 11.6. The summed E-state index contributed by atoms with van der Waals surface area (Å²) in [5.74, 6) is 0.175. The molecule has 4 rings (SSSR count). The van der Waals surface area contributed by atoms with Gasteiger partial charge in [0.25, 0.3) is 0 Å². The van der Waals surface area contributed by atoms with Gasteiger partial charge < -0.3 is 0 Å². The first-order chi connectivity index (χ1) is 9.83. The fraction of sp³-hybridized carbons (Fsp3) is 0.188. The average molecular weight is 280 g/mol. The summed E-state index contributed by atoms with van der Waals surface area (Å²) in [6.45, 7) is 0. The Labute approximate surface area is 120 Å². The van der Waals surface area contributed by atoms with Crippen LogP contribution < -0.4 is 0 Å². The monoisotopic (exact) mass is 280 g/mol. The van der Waals surface area contributed by atoms with Gasteiger partial charge in [-0.25, -0.2) is 4.98 Å². The second kappa shape index (κ2) is 4.49. The highest BCUT2D eigenvalue weighted by Crippen LogP contribution is 2.34. The van der Waals surface area contributed by atoms with Gasteiger partial charge in [0.05, 0.1) is 0 Å². The average Bonchev–Trinajstić information content (AvgIpc) is 2.92. The van der Waals surface area contributed by atoms with Crippen molar-refractivity contribution in [2.45, 2.75) is 19.3 Å². The molecule has 0 spiro atoms. The van der Waals surface area contributed by atoms with Gasteiger partial charge in [0.2, 0.25) is 0 Å². The fourth-order valence-corrected chi connectivity index (χ4v) is 3.79. The van der Waals surface area contributed by atoms with Gasteiger partial charge in [-0.15, -0.1) is 11.3 Å².